The van der Waals surface area contributed by atoms with E-state index < -0.39 is 0 Å². The quantitative estimate of drug-likeness (QED) is 0.609. The van der Waals surface area contributed by atoms with Crippen LogP contribution in [0, 0.1) is 11.8 Å². The van der Waals surface area contributed by atoms with Crippen molar-refractivity contribution in [2.24, 2.45) is 16.8 Å². The van der Waals surface area contributed by atoms with E-state index in [0.29, 0.717) is 11.8 Å². The summed E-state index contributed by atoms with van der Waals surface area (Å²) in [6, 6.07) is 3.91. The Morgan fingerprint density at radius 2 is 2.42 bits per heavy atom. The Morgan fingerprint density at radius 1 is 1.50 bits per heavy atom. The summed E-state index contributed by atoms with van der Waals surface area (Å²) in [5, 5.41) is 13.3. The lowest BCUT2D eigenvalue weighted by atomic mass is 10.0. The van der Waals surface area contributed by atoms with Crippen molar-refractivity contribution in [1.82, 2.24) is 10.2 Å². The van der Waals surface area contributed by atoms with Crippen molar-refractivity contribution >= 4 is 5.96 Å². The molecule has 0 saturated carbocycles. The molecule has 0 radical (unpaired) electrons. The maximum atomic E-state index is 9.84. The molecule has 2 aliphatic heterocycles. The van der Waals surface area contributed by atoms with E-state index in [9.17, 15) is 5.11 Å². The van der Waals surface area contributed by atoms with Crippen LogP contribution in [0.15, 0.2) is 27.8 Å². The number of aliphatic hydroxyl groups is 1. The van der Waals surface area contributed by atoms with Crippen molar-refractivity contribution in [3.63, 3.8) is 0 Å². The molecule has 3 atom stereocenters. The first-order chi connectivity index (χ1) is 11.7. The molecule has 2 fully saturated rings. The summed E-state index contributed by atoms with van der Waals surface area (Å²) < 4.78 is 10.8. The number of hydrogen-bond donors (Lipinski definition) is 2. The van der Waals surface area contributed by atoms with Gasteiger partial charge in [-0.15, -0.1) is 0 Å². The molecule has 2 N–H and O–H groups in total. The topological polar surface area (TPSA) is 70.2 Å². The maximum absolute atomic E-state index is 9.84. The van der Waals surface area contributed by atoms with Crippen LogP contribution in [0.4, 0.5) is 0 Å². The van der Waals surface area contributed by atoms with Gasteiger partial charge in [0.25, 0.3) is 0 Å². The number of ether oxygens (including phenoxy) is 1. The van der Waals surface area contributed by atoms with Crippen molar-refractivity contribution in [2.75, 3.05) is 39.4 Å². The minimum atomic E-state index is -0.261. The number of aliphatic hydroxyl groups excluding tert-OH is 1. The molecule has 2 saturated heterocycles. The summed E-state index contributed by atoms with van der Waals surface area (Å²) in [6.07, 6.45) is 4.40. The van der Waals surface area contributed by atoms with Gasteiger partial charge in [-0.05, 0) is 31.9 Å². The fourth-order valence-corrected chi connectivity index (χ4v) is 3.34. The van der Waals surface area contributed by atoms with E-state index >= 15 is 0 Å². The highest BCUT2D eigenvalue weighted by atomic mass is 16.5. The fraction of sp³-hybridized carbons (Fsp3) is 0.722. The van der Waals surface area contributed by atoms with Gasteiger partial charge in [0, 0.05) is 51.0 Å². The third kappa shape index (κ3) is 4.74. The minimum Gasteiger partial charge on any atom is -0.469 e. The molecule has 0 aliphatic carbocycles. The SMILES string of the molecule is CC(O)C1CCN(C(=NCC2CCOC2)NCCc2ccco2)C1. The van der Waals surface area contributed by atoms with Crippen molar-refractivity contribution < 1.29 is 14.3 Å². The summed E-state index contributed by atoms with van der Waals surface area (Å²) in [6.45, 7) is 6.97. The van der Waals surface area contributed by atoms with E-state index in [2.05, 4.69) is 10.2 Å². The minimum absolute atomic E-state index is 0.261. The Labute approximate surface area is 143 Å². The second kappa shape index (κ2) is 8.53. The van der Waals surface area contributed by atoms with Crippen molar-refractivity contribution in [3.05, 3.63) is 24.2 Å². The Balaban J connectivity index is 1.56. The summed E-state index contributed by atoms with van der Waals surface area (Å²) in [4.78, 5) is 7.11. The lowest BCUT2D eigenvalue weighted by Gasteiger charge is -2.23. The molecule has 0 spiro atoms. The number of aliphatic imine (C=N–C) groups is 1. The van der Waals surface area contributed by atoms with E-state index in [4.69, 9.17) is 14.1 Å². The third-order valence-electron chi connectivity index (χ3n) is 4.96. The van der Waals surface area contributed by atoms with Gasteiger partial charge < -0.3 is 24.5 Å². The van der Waals surface area contributed by atoms with Gasteiger partial charge in [-0.2, -0.15) is 0 Å². The standard InChI is InChI=1S/C18H29N3O3/c1-14(22)16-5-8-21(12-16)18(20-11-15-6-10-23-13-15)19-7-4-17-3-2-9-24-17/h2-3,9,14-16,22H,4-8,10-13H2,1H3,(H,19,20). The molecule has 0 bridgehead atoms. The van der Waals surface area contributed by atoms with E-state index in [0.717, 1.165) is 70.4 Å². The fourth-order valence-electron chi connectivity index (χ4n) is 3.34. The largest absolute Gasteiger partial charge is 0.469 e. The summed E-state index contributed by atoms with van der Waals surface area (Å²) in [5.41, 5.74) is 0. The predicted octanol–water partition coefficient (Wildman–Crippen LogP) is 1.51. The molecule has 1 aromatic rings. The van der Waals surface area contributed by atoms with Crippen LogP contribution in [0.1, 0.15) is 25.5 Å². The number of furan rings is 1. The zero-order chi connectivity index (χ0) is 16.8. The Bertz CT molecular complexity index is 510. The van der Waals surface area contributed by atoms with Crippen LogP contribution in [0.25, 0.3) is 0 Å². The molecule has 3 heterocycles. The molecule has 1 aromatic heterocycles. The highest BCUT2D eigenvalue weighted by molar-refractivity contribution is 5.80. The van der Waals surface area contributed by atoms with Crippen molar-refractivity contribution in [1.29, 1.82) is 0 Å². The molecule has 3 rings (SSSR count). The van der Waals surface area contributed by atoms with E-state index in [1.54, 1.807) is 6.26 Å². The van der Waals surface area contributed by atoms with E-state index in [1.165, 1.54) is 0 Å². The smallest absolute Gasteiger partial charge is 0.193 e. The number of guanidine groups is 1. The van der Waals surface area contributed by atoms with Gasteiger partial charge in [-0.25, -0.2) is 0 Å². The second-order valence-electron chi connectivity index (χ2n) is 6.89. The predicted molar refractivity (Wildman–Crippen MR) is 93.0 cm³/mol. The van der Waals surface area contributed by atoms with Gasteiger partial charge in [-0.3, -0.25) is 4.99 Å². The molecular formula is C18H29N3O3. The lowest BCUT2D eigenvalue weighted by molar-refractivity contribution is 0.132. The summed E-state index contributed by atoms with van der Waals surface area (Å²) >= 11 is 0. The molecule has 2 aliphatic rings. The molecular weight excluding hydrogens is 306 g/mol. The zero-order valence-corrected chi connectivity index (χ0v) is 14.5. The van der Waals surface area contributed by atoms with Gasteiger partial charge in [0.15, 0.2) is 5.96 Å². The Kier molecular flexibility index (Phi) is 6.15. The average molecular weight is 335 g/mol. The number of likely N-dealkylation sites (tertiary alicyclic amines) is 1. The first-order valence-electron chi connectivity index (χ1n) is 9.04. The highest BCUT2D eigenvalue weighted by Crippen LogP contribution is 2.20. The number of nitrogens with one attached hydrogen (secondary N) is 1. The number of rotatable bonds is 6. The van der Waals surface area contributed by atoms with Gasteiger partial charge in [0.2, 0.25) is 0 Å². The van der Waals surface area contributed by atoms with Crippen LogP contribution < -0.4 is 5.32 Å². The van der Waals surface area contributed by atoms with Crippen LogP contribution in [0.5, 0.6) is 0 Å². The first-order valence-corrected chi connectivity index (χ1v) is 9.04. The van der Waals surface area contributed by atoms with Gasteiger partial charge >= 0.3 is 0 Å². The lowest BCUT2D eigenvalue weighted by Crippen LogP contribution is -2.41. The van der Waals surface area contributed by atoms with Crippen molar-refractivity contribution in [2.45, 2.75) is 32.3 Å². The van der Waals surface area contributed by atoms with E-state index in [-0.39, 0.29) is 6.10 Å². The summed E-state index contributed by atoms with van der Waals surface area (Å²) in [5.74, 6) is 2.80. The van der Waals surface area contributed by atoms with Crippen LogP contribution in [-0.4, -0.2) is 61.5 Å². The van der Waals surface area contributed by atoms with Crippen molar-refractivity contribution in [3.8, 4) is 0 Å². The Morgan fingerprint density at radius 3 is 3.08 bits per heavy atom. The average Bonchev–Trinajstić information content (AvgIpc) is 3.33. The highest BCUT2D eigenvalue weighted by Gasteiger charge is 2.28. The number of nitrogens with zero attached hydrogens (tertiary/aromatic N) is 2. The normalized spacial score (nSPS) is 26.1. The van der Waals surface area contributed by atoms with Crippen LogP contribution in [0.2, 0.25) is 0 Å². The number of hydrogen-bond acceptors (Lipinski definition) is 4. The molecule has 134 valence electrons. The monoisotopic (exact) mass is 335 g/mol. The molecule has 0 aromatic carbocycles. The van der Waals surface area contributed by atoms with Gasteiger partial charge in [-0.1, -0.05) is 0 Å². The second-order valence-corrected chi connectivity index (χ2v) is 6.89. The van der Waals surface area contributed by atoms with Gasteiger partial charge in [0.1, 0.15) is 5.76 Å². The molecule has 0 amide bonds. The molecule has 6 nitrogen and oxygen atoms in total. The van der Waals surface area contributed by atoms with Gasteiger partial charge in [0.05, 0.1) is 19.0 Å². The third-order valence-corrected chi connectivity index (χ3v) is 4.96. The van der Waals surface area contributed by atoms with Crippen LogP contribution >= 0.6 is 0 Å². The molecule has 24 heavy (non-hydrogen) atoms. The zero-order valence-electron chi connectivity index (χ0n) is 14.5. The van der Waals surface area contributed by atoms with Crippen LogP contribution in [0.3, 0.4) is 0 Å². The molecule has 3 unspecified atom stereocenters. The molecule has 6 heteroatoms. The Hall–Kier alpha value is -1.53. The van der Waals surface area contributed by atoms with E-state index in [1.807, 2.05) is 19.1 Å². The first kappa shape index (κ1) is 17.3. The maximum Gasteiger partial charge on any atom is 0.193 e. The van der Waals surface area contributed by atoms with Crippen LogP contribution in [-0.2, 0) is 11.2 Å². The summed E-state index contributed by atoms with van der Waals surface area (Å²) in [7, 11) is 0.